The van der Waals surface area contributed by atoms with Crippen molar-refractivity contribution in [1.29, 1.82) is 0 Å². The number of hydrogen-bond donors (Lipinski definition) is 1. The molecule has 6 heteroatoms. The highest BCUT2D eigenvalue weighted by Gasteiger charge is 2.42. The molecule has 1 saturated heterocycles. The van der Waals surface area contributed by atoms with E-state index in [1.54, 1.807) is 12.3 Å². The lowest BCUT2D eigenvalue weighted by atomic mass is 9.94. The molecule has 1 saturated carbocycles. The van der Waals surface area contributed by atoms with Gasteiger partial charge in [-0.25, -0.2) is 0 Å². The van der Waals surface area contributed by atoms with E-state index in [0.29, 0.717) is 6.54 Å². The quantitative estimate of drug-likeness (QED) is 0.837. The van der Waals surface area contributed by atoms with E-state index in [1.165, 1.54) is 11.3 Å². The van der Waals surface area contributed by atoms with Gasteiger partial charge >= 0.3 is 0 Å². The predicted molar refractivity (Wildman–Crippen MR) is 76.0 cm³/mol. The number of hydrogen-bond acceptors (Lipinski definition) is 5. The van der Waals surface area contributed by atoms with Crippen LogP contribution in [0.2, 0.25) is 0 Å². The third-order valence-electron chi connectivity index (χ3n) is 4.28. The van der Waals surface area contributed by atoms with Crippen molar-refractivity contribution in [3.63, 3.8) is 0 Å². The number of imide groups is 1. The number of likely N-dealkylation sites (tertiary alicyclic amines) is 1. The van der Waals surface area contributed by atoms with E-state index in [4.69, 9.17) is 0 Å². The lowest BCUT2D eigenvalue weighted by Gasteiger charge is -2.29. The minimum atomic E-state index is -0.415. The monoisotopic (exact) mass is 288 g/mol. The Morgan fingerprint density at radius 3 is 2.76 bits per heavy atom. The van der Waals surface area contributed by atoms with Crippen molar-refractivity contribution in [2.24, 2.45) is 0 Å². The molecule has 1 aromatic rings. The van der Waals surface area contributed by atoms with Gasteiger partial charge in [-0.05, 0) is 25.0 Å². The van der Waals surface area contributed by atoms with Gasteiger partial charge in [-0.1, -0.05) is 19.3 Å². The van der Waals surface area contributed by atoms with Crippen molar-refractivity contribution in [3.8, 4) is 0 Å². The number of nitrogens with zero attached hydrogens (tertiary/aromatic N) is 3. The number of nitrogens with one attached hydrogen (secondary N) is 1. The Bertz CT molecular complexity index is 514. The molecule has 0 bridgehead atoms. The maximum absolute atomic E-state index is 12.4. The second kappa shape index (κ2) is 6.30. The molecule has 1 unspecified atom stereocenters. The van der Waals surface area contributed by atoms with Gasteiger partial charge in [0.05, 0.1) is 18.2 Å². The Kier molecular flexibility index (Phi) is 4.24. The van der Waals surface area contributed by atoms with Crippen LogP contribution in [0.1, 0.15) is 44.2 Å². The molecule has 1 atom stereocenters. The Morgan fingerprint density at radius 2 is 2.05 bits per heavy atom. The van der Waals surface area contributed by atoms with Crippen LogP contribution in [0.25, 0.3) is 0 Å². The summed E-state index contributed by atoms with van der Waals surface area (Å²) in [6.45, 7) is 0.454. The molecule has 1 aliphatic heterocycles. The van der Waals surface area contributed by atoms with Gasteiger partial charge in [0.15, 0.2) is 0 Å². The standard InChI is InChI=1S/C15H20N4O2/c20-14-9-13(16-10-11-5-4-8-17-18-11)15(21)19(14)12-6-2-1-3-7-12/h4-5,8,12-13,16H,1-3,6-7,9-10H2. The third-order valence-corrected chi connectivity index (χ3v) is 4.28. The molecule has 6 nitrogen and oxygen atoms in total. The zero-order valence-electron chi connectivity index (χ0n) is 12.0. The molecule has 21 heavy (non-hydrogen) atoms. The first kappa shape index (κ1) is 14.1. The maximum atomic E-state index is 12.4. The van der Waals surface area contributed by atoms with Crippen LogP contribution in [-0.4, -0.2) is 39.0 Å². The summed E-state index contributed by atoms with van der Waals surface area (Å²) in [5, 5.41) is 10.9. The Labute approximate surface area is 123 Å². The summed E-state index contributed by atoms with van der Waals surface area (Å²) in [5.41, 5.74) is 0.772. The molecule has 1 aliphatic carbocycles. The van der Waals surface area contributed by atoms with Crippen molar-refractivity contribution in [2.45, 2.75) is 57.2 Å². The molecule has 0 radical (unpaired) electrons. The summed E-state index contributed by atoms with van der Waals surface area (Å²) >= 11 is 0. The number of amides is 2. The second-order valence-corrected chi connectivity index (χ2v) is 5.75. The van der Waals surface area contributed by atoms with E-state index >= 15 is 0 Å². The van der Waals surface area contributed by atoms with E-state index in [0.717, 1.165) is 31.4 Å². The summed E-state index contributed by atoms with van der Waals surface area (Å²) in [7, 11) is 0. The van der Waals surface area contributed by atoms with Gasteiger partial charge in [0.1, 0.15) is 0 Å². The Morgan fingerprint density at radius 1 is 1.24 bits per heavy atom. The molecule has 0 spiro atoms. The van der Waals surface area contributed by atoms with E-state index in [-0.39, 0.29) is 24.3 Å². The van der Waals surface area contributed by atoms with Crippen LogP contribution in [0.3, 0.4) is 0 Å². The van der Waals surface area contributed by atoms with E-state index in [1.807, 2.05) is 6.07 Å². The summed E-state index contributed by atoms with van der Waals surface area (Å²) in [6.07, 6.45) is 7.21. The number of carbonyl (C=O) groups excluding carboxylic acids is 2. The summed E-state index contributed by atoms with van der Waals surface area (Å²) in [6, 6.07) is 3.35. The molecule has 2 aliphatic rings. The lowest BCUT2D eigenvalue weighted by Crippen LogP contribution is -2.44. The summed E-state index contributed by atoms with van der Waals surface area (Å²) < 4.78 is 0. The molecular weight excluding hydrogens is 268 g/mol. The fourth-order valence-corrected chi connectivity index (χ4v) is 3.19. The van der Waals surface area contributed by atoms with E-state index < -0.39 is 6.04 Å². The molecule has 1 N–H and O–H groups in total. The van der Waals surface area contributed by atoms with Gasteiger partial charge in [-0.3, -0.25) is 19.8 Å². The average Bonchev–Trinajstić information content (AvgIpc) is 2.81. The maximum Gasteiger partial charge on any atom is 0.247 e. The molecule has 1 aromatic heterocycles. The fourth-order valence-electron chi connectivity index (χ4n) is 3.19. The Balaban J connectivity index is 1.60. The van der Waals surface area contributed by atoms with Crippen LogP contribution >= 0.6 is 0 Å². The minimum absolute atomic E-state index is 0.0384. The normalized spacial score (nSPS) is 23.8. The molecule has 2 fully saturated rings. The number of carbonyl (C=O) groups is 2. The van der Waals surface area contributed by atoms with Crippen molar-refractivity contribution in [1.82, 2.24) is 20.4 Å². The van der Waals surface area contributed by atoms with Gasteiger partial charge in [-0.15, -0.1) is 0 Å². The number of aromatic nitrogens is 2. The van der Waals surface area contributed by atoms with Crippen molar-refractivity contribution >= 4 is 11.8 Å². The predicted octanol–water partition coefficient (Wildman–Crippen LogP) is 1.03. The van der Waals surface area contributed by atoms with Crippen molar-refractivity contribution in [2.75, 3.05) is 0 Å². The molecule has 0 aromatic carbocycles. The first-order valence-electron chi connectivity index (χ1n) is 7.61. The zero-order chi connectivity index (χ0) is 14.7. The highest BCUT2D eigenvalue weighted by atomic mass is 16.2. The molecule has 3 rings (SSSR count). The highest BCUT2D eigenvalue weighted by molar-refractivity contribution is 6.05. The molecule has 112 valence electrons. The van der Waals surface area contributed by atoms with Crippen LogP contribution in [0.5, 0.6) is 0 Å². The van der Waals surface area contributed by atoms with Gasteiger partial charge in [0.2, 0.25) is 11.8 Å². The Hall–Kier alpha value is -1.82. The SMILES string of the molecule is O=C1CC(NCc2cccnn2)C(=O)N1C1CCCCC1. The van der Waals surface area contributed by atoms with Crippen LogP contribution in [0, 0.1) is 0 Å². The van der Waals surface area contributed by atoms with Crippen molar-refractivity contribution < 1.29 is 9.59 Å². The molecule has 2 amide bonds. The van der Waals surface area contributed by atoms with Crippen LogP contribution in [0.15, 0.2) is 18.3 Å². The largest absolute Gasteiger partial charge is 0.300 e. The third kappa shape index (κ3) is 3.10. The minimum Gasteiger partial charge on any atom is -0.300 e. The first-order chi connectivity index (χ1) is 10.3. The van der Waals surface area contributed by atoms with Gasteiger partial charge in [0.25, 0.3) is 0 Å². The highest BCUT2D eigenvalue weighted by Crippen LogP contribution is 2.27. The fraction of sp³-hybridized carbons (Fsp3) is 0.600. The van der Waals surface area contributed by atoms with E-state index in [2.05, 4.69) is 15.5 Å². The smallest absolute Gasteiger partial charge is 0.247 e. The summed E-state index contributed by atoms with van der Waals surface area (Å²) in [5.74, 6) is -0.112. The van der Waals surface area contributed by atoms with Crippen LogP contribution in [0.4, 0.5) is 0 Å². The summed E-state index contributed by atoms with van der Waals surface area (Å²) in [4.78, 5) is 26.1. The van der Waals surface area contributed by atoms with Crippen molar-refractivity contribution in [3.05, 3.63) is 24.0 Å². The van der Waals surface area contributed by atoms with Gasteiger partial charge in [-0.2, -0.15) is 10.2 Å². The van der Waals surface area contributed by atoms with Crippen LogP contribution < -0.4 is 5.32 Å². The first-order valence-corrected chi connectivity index (χ1v) is 7.61. The van der Waals surface area contributed by atoms with E-state index in [9.17, 15) is 9.59 Å². The lowest BCUT2D eigenvalue weighted by molar-refractivity contribution is -0.142. The average molecular weight is 288 g/mol. The van der Waals surface area contributed by atoms with Gasteiger partial charge in [0, 0.05) is 18.8 Å². The van der Waals surface area contributed by atoms with Gasteiger partial charge < -0.3 is 0 Å². The topological polar surface area (TPSA) is 75.2 Å². The van der Waals surface area contributed by atoms with Crippen LogP contribution in [-0.2, 0) is 16.1 Å². The molecule has 2 heterocycles. The molecular formula is C15H20N4O2. The second-order valence-electron chi connectivity index (χ2n) is 5.75. The number of rotatable bonds is 4. The zero-order valence-corrected chi connectivity index (χ0v) is 12.0.